The van der Waals surface area contributed by atoms with Gasteiger partial charge in [0.05, 0.1) is 19.8 Å². The molecule has 1 saturated heterocycles. The van der Waals surface area contributed by atoms with Crippen LogP contribution in [0, 0.1) is 0 Å². The Morgan fingerprint density at radius 2 is 2.11 bits per heavy atom. The van der Waals surface area contributed by atoms with Gasteiger partial charge in [-0.1, -0.05) is 6.07 Å². The van der Waals surface area contributed by atoms with Gasteiger partial charge in [0, 0.05) is 19.1 Å². The maximum Gasteiger partial charge on any atom is 0.257 e. The van der Waals surface area contributed by atoms with Crippen molar-refractivity contribution in [1.29, 1.82) is 0 Å². The largest absolute Gasteiger partial charge is 0.493 e. The smallest absolute Gasteiger partial charge is 0.257 e. The van der Waals surface area contributed by atoms with E-state index < -0.39 is 0 Å². The zero-order valence-corrected chi connectivity index (χ0v) is 11.9. The van der Waals surface area contributed by atoms with Crippen molar-refractivity contribution in [3.8, 4) is 11.5 Å². The van der Waals surface area contributed by atoms with Gasteiger partial charge in [0.25, 0.3) is 5.91 Å². The van der Waals surface area contributed by atoms with E-state index in [1.165, 1.54) is 7.11 Å². The van der Waals surface area contributed by atoms with Crippen LogP contribution in [-0.2, 0) is 0 Å². The SMILES string of the molecule is COc1cccc(C(=O)N2CC[C@H](N)C2)c1OC.Cl. The van der Waals surface area contributed by atoms with Crippen LogP contribution in [0.4, 0.5) is 0 Å². The Hall–Kier alpha value is -1.46. The summed E-state index contributed by atoms with van der Waals surface area (Å²) in [4.78, 5) is 14.1. The maximum absolute atomic E-state index is 12.4. The lowest BCUT2D eigenvalue weighted by atomic mass is 10.1. The zero-order chi connectivity index (χ0) is 13.1. The number of carbonyl (C=O) groups excluding carboxylic acids is 1. The molecule has 1 atom stereocenters. The van der Waals surface area contributed by atoms with Crippen molar-refractivity contribution in [3.63, 3.8) is 0 Å². The number of nitrogens with zero attached hydrogens (tertiary/aromatic N) is 1. The lowest BCUT2D eigenvalue weighted by molar-refractivity contribution is 0.0787. The van der Waals surface area contributed by atoms with E-state index >= 15 is 0 Å². The first-order chi connectivity index (χ1) is 8.67. The predicted molar refractivity (Wildman–Crippen MR) is 75.3 cm³/mol. The molecule has 0 saturated carbocycles. The van der Waals surface area contributed by atoms with Crippen LogP contribution in [0.2, 0.25) is 0 Å². The van der Waals surface area contributed by atoms with Crippen molar-refractivity contribution in [2.45, 2.75) is 12.5 Å². The normalized spacial score (nSPS) is 17.8. The Labute approximate surface area is 119 Å². The average molecular weight is 287 g/mol. The fourth-order valence-corrected chi connectivity index (χ4v) is 2.20. The van der Waals surface area contributed by atoms with Crippen LogP contribution in [0.15, 0.2) is 18.2 Å². The number of nitrogens with two attached hydrogens (primary N) is 1. The summed E-state index contributed by atoms with van der Waals surface area (Å²) in [6, 6.07) is 5.37. The molecule has 5 nitrogen and oxygen atoms in total. The Bertz CT molecular complexity index is 454. The molecule has 1 aliphatic rings. The lowest BCUT2D eigenvalue weighted by Crippen LogP contribution is -2.32. The summed E-state index contributed by atoms with van der Waals surface area (Å²) in [6.45, 7) is 1.29. The third kappa shape index (κ3) is 3.11. The summed E-state index contributed by atoms with van der Waals surface area (Å²) in [6.07, 6.45) is 0.845. The highest BCUT2D eigenvalue weighted by atomic mass is 35.5. The molecule has 1 amide bonds. The topological polar surface area (TPSA) is 64.8 Å². The number of benzene rings is 1. The van der Waals surface area contributed by atoms with Crippen molar-refractivity contribution in [3.05, 3.63) is 23.8 Å². The van der Waals surface area contributed by atoms with Crippen LogP contribution in [0.25, 0.3) is 0 Å². The zero-order valence-electron chi connectivity index (χ0n) is 11.1. The van der Waals surface area contributed by atoms with E-state index in [2.05, 4.69) is 0 Å². The summed E-state index contributed by atoms with van der Waals surface area (Å²) in [5, 5.41) is 0. The van der Waals surface area contributed by atoms with Gasteiger partial charge >= 0.3 is 0 Å². The number of hydrogen-bond donors (Lipinski definition) is 1. The molecule has 0 bridgehead atoms. The number of hydrogen-bond acceptors (Lipinski definition) is 4. The van der Waals surface area contributed by atoms with E-state index in [1.54, 1.807) is 30.2 Å². The number of rotatable bonds is 3. The molecule has 0 spiro atoms. The van der Waals surface area contributed by atoms with Crippen LogP contribution in [-0.4, -0.2) is 44.2 Å². The third-order valence-corrected chi connectivity index (χ3v) is 3.15. The van der Waals surface area contributed by atoms with Gasteiger partial charge in [0.15, 0.2) is 11.5 Å². The van der Waals surface area contributed by atoms with E-state index in [0.717, 1.165) is 6.42 Å². The monoisotopic (exact) mass is 286 g/mol. The first-order valence-electron chi connectivity index (χ1n) is 5.93. The Morgan fingerprint density at radius 1 is 1.37 bits per heavy atom. The highest BCUT2D eigenvalue weighted by Gasteiger charge is 2.27. The van der Waals surface area contributed by atoms with E-state index in [4.69, 9.17) is 15.2 Å². The van der Waals surface area contributed by atoms with Crippen molar-refractivity contribution in [2.75, 3.05) is 27.3 Å². The van der Waals surface area contributed by atoms with Crippen LogP contribution in [0.1, 0.15) is 16.8 Å². The molecular formula is C13H19ClN2O3. The maximum atomic E-state index is 12.4. The van der Waals surface area contributed by atoms with Crippen molar-refractivity contribution in [2.24, 2.45) is 5.73 Å². The standard InChI is InChI=1S/C13H18N2O3.ClH/c1-17-11-5-3-4-10(12(11)18-2)13(16)15-7-6-9(14)8-15;/h3-5,9H,6-8,14H2,1-2H3;1H/t9-;/m0./s1. The number of likely N-dealkylation sites (tertiary alicyclic amines) is 1. The molecule has 1 heterocycles. The number of amides is 1. The lowest BCUT2D eigenvalue weighted by Gasteiger charge is -2.18. The summed E-state index contributed by atoms with van der Waals surface area (Å²) in [5.41, 5.74) is 6.34. The molecule has 1 aromatic rings. The third-order valence-electron chi connectivity index (χ3n) is 3.15. The first-order valence-corrected chi connectivity index (χ1v) is 5.93. The Kier molecular flexibility index (Phi) is 5.44. The van der Waals surface area contributed by atoms with Gasteiger partial charge in [0.1, 0.15) is 0 Å². The predicted octanol–water partition coefficient (Wildman–Crippen LogP) is 1.30. The molecule has 1 aliphatic heterocycles. The molecule has 0 radical (unpaired) electrons. The van der Waals surface area contributed by atoms with Crippen LogP contribution >= 0.6 is 12.4 Å². The van der Waals surface area contributed by atoms with Crippen LogP contribution in [0.3, 0.4) is 0 Å². The van der Waals surface area contributed by atoms with Gasteiger partial charge in [-0.15, -0.1) is 12.4 Å². The van der Waals surface area contributed by atoms with Gasteiger partial charge < -0.3 is 20.1 Å². The van der Waals surface area contributed by atoms with Crippen molar-refractivity contribution >= 4 is 18.3 Å². The molecule has 1 aromatic carbocycles. The van der Waals surface area contributed by atoms with Gasteiger partial charge in [-0.3, -0.25) is 4.79 Å². The van der Waals surface area contributed by atoms with Gasteiger partial charge in [0.2, 0.25) is 0 Å². The second-order valence-electron chi connectivity index (χ2n) is 4.34. The number of ether oxygens (including phenoxy) is 2. The quantitative estimate of drug-likeness (QED) is 0.910. The molecule has 0 aliphatic carbocycles. The molecular weight excluding hydrogens is 268 g/mol. The number of halogens is 1. The van der Waals surface area contributed by atoms with Crippen molar-refractivity contribution < 1.29 is 14.3 Å². The summed E-state index contributed by atoms with van der Waals surface area (Å²) in [7, 11) is 3.09. The second-order valence-corrected chi connectivity index (χ2v) is 4.34. The van der Waals surface area contributed by atoms with Gasteiger partial charge in [-0.25, -0.2) is 0 Å². The summed E-state index contributed by atoms with van der Waals surface area (Å²) in [5.74, 6) is 0.982. The molecule has 6 heteroatoms. The average Bonchev–Trinajstić information content (AvgIpc) is 2.83. The molecule has 106 valence electrons. The van der Waals surface area contributed by atoms with E-state index in [0.29, 0.717) is 30.2 Å². The van der Waals surface area contributed by atoms with Crippen molar-refractivity contribution in [1.82, 2.24) is 4.90 Å². The minimum atomic E-state index is -0.0568. The molecule has 0 aromatic heterocycles. The fourth-order valence-electron chi connectivity index (χ4n) is 2.20. The number of carbonyl (C=O) groups is 1. The molecule has 2 N–H and O–H groups in total. The van der Waals surface area contributed by atoms with Crippen LogP contribution in [0.5, 0.6) is 11.5 Å². The van der Waals surface area contributed by atoms with Crippen LogP contribution < -0.4 is 15.2 Å². The Balaban J connectivity index is 0.00000180. The minimum Gasteiger partial charge on any atom is -0.493 e. The fraction of sp³-hybridized carbons (Fsp3) is 0.462. The summed E-state index contributed by atoms with van der Waals surface area (Å²) >= 11 is 0. The van der Waals surface area contributed by atoms with E-state index in [-0.39, 0.29) is 24.4 Å². The highest BCUT2D eigenvalue weighted by molar-refractivity contribution is 5.98. The number of methoxy groups -OCH3 is 2. The van der Waals surface area contributed by atoms with Gasteiger partial charge in [-0.2, -0.15) is 0 Å². The highest BCUT2D eigenvalue weighted by Crippen LogP contribution is 2.31. The Morgan fingerprint density at radius 3 is 2.63 bits per heavy atom. The molecule has 0 unspecified atom stereocenters. The van der Waals surface area contributed by atoms with E-state index in [1.807, 2.05) is 0 Å². The first kappa shape index (κ1) is 15.6. The minimum absolute atomic E-state index is 0. The number of para-hydroxylation sites is 1. The van der Waals surface area contributed by atoms with Gasteiger partial charge in [-0.05, 0) is 18.6 Å². The van der Waals surface area contributed by atoms with E-state index in [9.17, 15) is 4.79 Å². The summed E-state index contributed by atoms with van der Waals surface area (Å²) < 4.78 is 10.5. The molecule has 1 fully saturated rings. The molecule has 2 rings (SSSR count). The molecule has 19 heavy (non-hydrogen) atoms. The second kappa shape index (κ2) is 6.63.